The fourth-order valence-electron chi connectivity index (χ4n) is 4.30. The Balaban J connectivity index is 1.86. The first-order valence-corrected chi connectivity index (χ1v) is 14.4. The van der Waals surface area contributed by atoms with Crippen molar-refractivity contribution in [1.82, 2.24) is 10.3 Å². The summed E-state index contributed by atoms with van der Waals surface area (Å²) in [6.45, 7) is 6.73. The molecule has 1 aromatic heterocycles. The molecule has 1 aliphatic heterocycles. The number of carbonyl (C=O) groups excluding carboxylic acids is 5. The zero-order valence-corrected chi connectivity index (χ0v) is 25.9. The number of pyridine rings is 1. The maximum atomic E-state index is 13.4. The summed E-state index contributed by atoms with van der Waals surface area (Å²) in [6.07, 6.45) is -1.13. The molecule has 1 aliphatic rings. The number of H-pyrrole nitrogens is 1. The van der Waals surface area contributed by atoms with Crippen molar-refractivity contribution in [3.8, 4) is 11.5 Å². The number of nitrogens with one attached hydrogen (secondary N) is 2. The van der Waals surface area contributed by atoms with Gasteiger partial charge in [-0.15, -0.1) is 0 Å². The Morgan fingerprint density at radius 1 is 0.978 bits per heavy atom. The molecule has 0 bridgehead atoms. The number of methoxy groups -OCH3 is 1. The topological polar surface area (TPSA) is 186 Å². The highest BCUT2D eigenvalue weighted by molar-refractivity contribution is 5.99. The van der Waals surface area contributed by atoms with Gasteiger partial charge in [0.25, 0.3) is 11.5 Å². The largest absolute Gasteiger partial charge is 0.492 e. The molecule has 2 N–H and O–H groups in total. The molecule has 14 heteroatoms. The number of esters is 4. The summed E-state index contributed by atoms with van der Waals surface area (Å²) < 4.78 is 32.2. The van der Waals surface area contributed by atoms with Crippen LogP contribution in [-0.4, -0.2) is 73.5 Å². The number of aromatic nitrogens is 1. The molecule has 244 valence electrons. The summed E-state index contributed by atoms with van der Waals surface area (Å²) in [5.41, 5.74) is -0.269. The van der Waals surface area contributed by atoms with E-state index in [2.05, 4.69) is 10.3 Å². The van der Waals surface area contributed by atoms with Crippen LogP contribution in [0, 0.1) is 17.8 Å². The molecule has 45 heavy (non-hydrogen) atoms. The molecule has 1 aromatic carbocycles. The molecular weight excluding hydrogens is 592 g/mol. The Hall–Kier alpha value is -4.88. The maximum Gasteiger partial charge on any atom is 0.332 e. The van der Waals surface area contributed by atoms with Gasteiger partial charge in [-0.1, -0.05) is 58.0 Å². The Morgan fingerprint density at radius 2 is 1.64 bits per heavy atom. The van der Waals surface area contributed by atoms with E-state index >= 15 is 0 Å². The smallest absolute Gasteiger partial charge is 0.332 e. The van der Waals surface area contributed by atoms with Crippen molar-refractivity contribution in [3.63, 3.8) is 0 Å². The van der Waals surface area contributed by atoms with Gasteiger partial charge in [0.1, 0.15) is 24.2 Å². The summed E-state index contributed by atoms with van der Waals surface area (Å²) in [6, 6.07) is 7.50. The summed E-state index contributed by atoms with van der Waals surface area (Å²) >= 11 is 0. The normalized spacial score (nSPS) is 20.2. The first kappa shape index (κ1) is 34.6. The Bertz CT molecular complexity index is 1440. The molecule has 1 amide bonds. The van der Waals surface area contributed by atoms with Crippen LogP contribution in [0.15, 0.2) is 41.3 Å². The van der Waals surface area contributed by atoms with E-state index in [-0.39, 0.29) is 17.7 Å². The van der Waals surface area contributed by atoms with Crippen LogP contribution in [0.5, 0.6) is 11.5 Å². The van der Waals surface area contributed by atoms with Gasteiger partial charge in [-0.3, -0.25) is 24.0 Å². The van der Waals surface area contributed by atoms with Gasteiger partial charge >= 0.3 is 23.9 Å². The number of cyclic esters (lactones) is 2. The van der Waals surface area contributed by atoms with Gasteiger partial charge in [0.2, 0.25) is 12.5 Å². The van der Waals surface area contributed by atoms with Crippen LogP contribution in [0.2, 0.25) is 0 Å². The Morgan fingerprint density at radius 3 is 2.27 bits per heavy atom. The van der Waals surface area contributed by atoms with Crippen molar-refractivity contribution in [1.29, 1.82) is 0 Å². The van der Waals surface area contributed by atoms with E-state index in [0.717, 1.165) is 11.8 Å². The van der Waals surface area contributed by atoms with Gasteiger partial charge in [0.05, 0.1) is 18.9 Å². The molecule has 0 radical (unpaired) electrons. The third-order valence-corrected chi connectivity index (χ3v) is 6.80. The molecular formula is C31H38N2O12. The molecule has 2 heterocycles. The van der Waals surface area contributed by atoms with Gasteiger partial charge in [-0.2, -0.15) is 0 Å². The average Bonchev–Trinajstić information content (AvgIpc) is 3.03. The second-order valence-corrected chi connectivity index (χ2v) is 10.9. The van der Waals surface area contributed by atoms with E-state index in [9.17, 15) is 28.8 Å². The van der Waals surface area contributed by atoms with Crippen molar-refractivity contribution in [2.75, 3.05) is 20.5 Å². The molecule has 4 atom stereocenters. The van der Waals surface area contributed by atoms with E-state index in [1.807, 2.05) is 6.07 Å². The third-order valence-electron chi connectivity index (χ3n) is 6.80. The van der Waals surface area contributed by atoms with Crippen molar-refractivity contribution in [2.24, 2.45) is 17.8 Å². The van der Waals surface area contributed by atoms with E-state index < -0.39 is 90.5 Å². The number of hydrogen-bond acceptors (Lipinski definition) is 12. The molecule has 1 fully saturated rings. The molecule has 0 aliphatic carbocycles. The second kappa shape index (κ2) is 15.7. The molecule has 2 aromatic rings. The number of rotatable bonds is 11. The van der Waals surface area contributed by atoms with E-state index in [1.54, 1.807) is 52.0 Å². The highest BCUT2D eigenvalue weighted by Gasteiger charge is 2.42. The first-order chi connectivity index (χ1) is 21.3. The lowest BCUT2D eigenvalue weighted by atomic mass is 9.91. The highest BCUT2D eigenvalue weighted by atomic mass is 16.7. The Labute approximate surface area is 259 Å². The van der Waals surface area contributed by atoms with Gasteiger partial charge in [-0.05, 0) is 18.9 Å². The zero-order valence-electron chi connectivity index (χ0n) is 25.9. The number of benzene rings is 1. The Kier molecular flexibility index (Phi) is 12.1. The van der Waals surface area contributed by atoms with Crippen molar-refractivity contribution >= 4 is 29.8 Å². The monoisotopic (exact) mass is 630 g/mol. The van der Waals surface area contributed by atoms with Crippen LogP contribution in [0.25, 0.3) is 0 Å². The summed E-state index contributed by atoms with van der Waals surface area (Å²) in [7, 11) is 1.18. The average molecular weight is 631 g/mol. The SMILES string of the molecule is COc1c(C(=O)N[C@H]2COC(=O)[C@H](Cc3ccccc3)[C@@H](OC(=O)C(C)C)[C@H](C)OC2=O)c[nH]c(=O)c1OCOC(=O)C(C)C. The fraction of sp³-hybridized carbons (Fsp3) is 0.484. The minimum Gasteiger partial charge on any atom is -0.492 e. The van der Waals surface area contributed by atoms with E-state index in [1.165, 1.54) is 14.0 Å². The first-order valence-electron chi connectivity index (χ1n) is 14.4. The summed E-state index contributed by atoms with van der Waals surface area (Å²) in [4.78, 5) is 79.1. The zero-order chi connectivity index (χ0) is 33.3. The molecule has 0 unspecified atom stereocenters. The minimum atomic E-state index is -1.49. The van der Waals surface area contributed by atoms with E-state index in [4.69, 9.17) is 28.4 Å². The van der Waals surface area contributed by atoms with Gasteiger partial charge < -0.3 is 38.7 Å². The fourth-order valence-corrected chi connectivity index (χ4v) is 4.30. The maximum absolute atomic E-state index is 13.4. The van der Waals surface area contributed by atoms with Crippen LogP contribution < -0.4 is 20.3 Å². The van der Waals surface area contributed by atoms with Crippen LogP contribution in [0.3, 0.4) is 0 Å². The summed E-state index contributed by atoms with van der Waals surface area (Å²) in [5, 5.41) is 2.43. The lowest BCUT2D eigenvalue weighted by Gasteiger charge is -2.29. The number of carbonyl (C=O) groups is 5. The molecule has 0 spiro atoms. The summed E-state index contributed by atoms with van der Waals surface area (Å²) in [5.74, 6) is -6.57. The van der Waals surface area contributed by atoms with Gasteiger partial charge in [-0.25, -0.2) is 4.79 Å². The standard InChI is InChI=1S/C31H38N2O12/c1-16(2)28(36)43-15-42-25-24(40-6)21(13-32-27(25)35)26(34)33-22-14-41-30(38)20(12-19-10-8-7-9-11-19)23(18(5)44-31(22)39)45-29(37)17(3)4/h7-11,13,16-18,20,22-23H,12,14-15H2,1-6H3,(H,32,35)(H,33,34)/t18-,20+,22-,23-/m0/s1. The van der Waals surface area contributed by atoms with Crippen LogP contribution in [0.1, 0.15) is 50.5 Å². The van der Waals surface area contributed by atoms with Crippen LogP contribution in [0.4, 0.5) is 0 Å². The predicted molar refractivity (Wildman–Crippen MR) is 156 cm³/mol. The minimum absolute atomic E-state index is 0.123. The van der Waals surface area contributed by atoms with Crippen molar-refractivity contribution in [3.05, 3.63) is 58.0 Å². The molecule has 0 saturated carbocycles. The predicted octanol–water partition coefficient (Wildman–Crippen LogP) is 1.93. The van der Waals surface area contributed by atoms with E-state index in [0.29, 0.717) is 0 Å². The third kappa shape index (κ3) is 9.06. The molecule has 14 nitrogen and oxygen atoms in total. The number of ether oxygens (including phenoxy) is 6. The lowest BCUT2D eigenvalue weighted by molar-refractivity contribution is -0.176. The highest BCUT2D eigenvalue weighted by Crippen LogP contribution is 2.28. The van der Waals surface area contributed by atoms with Crippen LogP contribution >= 0.6 is 0 Å². The lowest BCUT2D eigenvalue weighted by Crippen LogP contribution is -2.47. The van der Waals surface area contributed by atoms with Crippen LogP contribution in [-0.2, 0) is 44.5 Å². The quantitative estimate of drug-likeness (QED) is 0.209. The van der Waals surface area contributed by atoms with Gasteiger partial charge in [0, 0.05) is 6.20 Å². The number of aromatic amines is 1. The number of amides is 1. The molecule has 3 rings (SSSR count). The second-order valence-electron chi connectivity index (χ2n) is 10.9. The van der Waals surface area contributed by atoms with Gasteiger partial charge in [0.15, 0.2) is 17.9 Å². The number of hydrogen-bond donors (Lipinski definition) is 2. The van der Waals surface area contributed by atoms with Crippen molar-refractivity contribution < 1.29 is 52.4 Å². The molecule has 1 saturated heterocycles. The van der Waals surface area contributed by atoms with Crippen molar-refractivity contribution in [2.45, 2.75) is 59.3 Å².